The lowest BCUT2D eigenvalue weighted by Crippen LogP contribution is -2.43. The van der Waals surface area contributed by atoms with Crippen molar-refractivity contribution in [2.75, 3.05) is 46.4 Å². The van der Waals surface area contributed by atoms with Crippen LogP contribution in [-0.2, 0) is 9.53 Å². The molecule has 2 fully saturated rings. The van der Waals surface area contributed by atoms with E-state index in [0.717, 1.165) is 58.5 Å². The number of hydrogen-bond donors (Lipinski definition) is 1. The molecule has 1 aliphatic heterocycles. The molecule has 1 aliphatic carbocycles. The van der Waals surface area contributed by atoms with Gasteiger partial charge in [-0.05, 0) is 64.3 Å². The molecule has 1 saturated heterocycles. The van der Waals surface area contributed by atoms with Crippen molar-refractivity contribution in [1.82, 2.24) is 9.80 Å². The summed E-state index contributed by atoms with van der Waals surface area (Å²) >= 11 is 4.82. The Morgan fingerprint density at radius 3 is 2.73 bits per heavy atom. The van der Waals surface area contributed by atoms with Crippen molar-refractivity contribution in [1.29, 1.82) is 0 Å². The number of halogens is 1. The Labute approximate surface area is 205 Å². The quantitative estimate of drug-likeness (QED) is 0.224. The molecule has 0 radical (unpaired) electrons. The van der Waals surface area contributed by atoms with Crippen LogP contribution in [0.5, 0.6) is 0 Å². The third-order valence-electron chi connectivity index (χ3n) is 6.77. The maximum Gasteiger partial charge on any atom is 0.157 e. The van der Waals surface area contributed by atoms with Crippen LogP contribution in [0.1, 0.15) is 63.5 Å². The molecule has 0 N–H and O–H groups in total. The average molecular weight is 477 g/mol. The van der Waals surface area contributed by atoms with Crippen LogP contribution in [0.4, 0.5) is 4.39 Å². The van der Waals surface area contributed by atoms with Gasteiger partial charge in [-0.2, -0.15) is 12.6 Å². The normalized spacial score (nSPS) is 21.6. The Balaban J connectivity index is 1.56. The number of carbonyl (C=O) groups excluding carboxylic acids is 1. The molecule has 1 aromatic carbocycles. The standard InChI is InChI=1S/C27H41FN2O2S/c1-3-32-19-9-5-4-8-16-29(2)17-14-22-20-30(18-15-25(22)33)26(27(31)21-12-13-21)23-10-6-7-11-24(23)28/h6-7,10-11,14,21,25-26,33H,3-5,8-9,12-13,15-20H2,1-2H3/b22-14+. The number of piperidine rings is 1. The number of ketones is 1. The van der Waals surface area contributed by atoms with Crippen LogP contribution in [0.3, 0.4) is 0 Å². The van der Waals surface area contributed by atoms with Crippen LogP contribution in [0.15, 0.2) is 35.9 Å². The summed E-state index contributed by atoms with van der Waals surface area (Å²) in [6, 6.07) is 6.28. The lowest BCUT2D eigenvalue weighted by Gasteiger charge is -2.38. The first-order valence-electron chi connectivity index (χ1n) is 12.7. The molecule has 184 valence electrons. The summed E-state index contributed by atoms with van der Waals surface area (Å²) < 4.78 is 20.1. The first kappa shape index (κ1) is 26.4. The van der Waals surface area contributed by atoms with Gasteiger partial charge < -0.3 is 9.64 Å². The third-order valence-corrected chi connectivity index (χ3v) is 7.36. The molecule has 0 spiro atoms. The van der Waals surface area contributed by atoms with Gasteiger partial charge in [0, 0.05) is 49.6 Å². The first-order chi connectivity index (χ1) is 16.0. The third kappa shape index (κ3) is 8.20. The van der Waals surface area contributed by atoms with Gasteiger partial charge in [-0.15, -0.1) is 0 Å². The second kappa shape index (κ2) is 13.6. The van der Waals surface area contributed by atoms with Gasteiger partial charge in [-0.1, -0.05) is 37.1 Å². The van der Waals surface area contributed by atoms with Gasteiger partial charge in [0.05, 0.1) is 6.04 Å². The van der Waals surface area contributed by atoms with Crippen molar-refractivity contribution in [3.05, 3.63) is 47.3 Å². The zero-order valence-corrected chi connectivity index (χ0v) is 21.2. The van der Waals surface area contributed by atoms with E-state index in [1.807, 2.05) is 13.0 Å². The van der Waals surface area contributed by atoms with Crippen LogP contribution < -0.4 is 0 Å². The summed E-state index contributed by atoms with van der Waals surface area (Å²) in [5.41, 5.74) is 1.77. The minimum Gasteiger partial charge on any atom is -0.382 e. The largest absolute Gasteiger partial charge is 0.382 e. The van der Waals surface area contributed by atoms with E-state index in [4.69, 9.17) is 17.4 Å². The molecule has 1 aromatic rings. The second-order valence-electron chi connectivity index (χ2n) is 9.53. The summed E-state index contributed by atoms with van der Waals surface area (Å²) in [6.45, 7) is 7.09. The number of rotatable bonds is 14. The highest BCUT2D eigenvalue weighted by Gasteiger charge is 2.40. The van der Waals surface area contributed by atoms with Crippen LogP contribution >= 0.6 is 12.6 Å². The summed E-state index contributed by atoms with van der Waals surface area (Å²) in [7, 11) is 2.16. The number of nitrogens with zero attached hydrogens (tertiary/aromatic N) is 2. The summed E-state index contributed by atoms with van der Waals surface area (Å²) in [4.78, 5) is 17.7. The molecule has 6 heteroatoms. The monoisotopic (exact) mass is 476 g/mol. The minimum absolute atomic E-state index is 0.0930. The zero-order valence-electron chi connectivity index (χ0n) is 20.3. The van der Waals surface area contributed by atoms with Gasteiger partial charge >= 0.3 is 0 Å². The van der Waals surface area contributed by atoms with Gasteiger partial charge in [0.2, 0.25) is 0 Å². The van der Waals surface area contributed by atoms with E-state index in [-0.39, 0.29) is 22.8 Å². The Morgan fingerprint density at radius 2 is 2.00 bits per heavy atom. The molecule has 2 aliphatic rings. The van der Waals surface area contributed by atoms with Crippen molar-refractivity contribution >= 4 is 18.4 Å². The van der Waals surface area contributed by atoms with Crippen molar-refractivity contribution in [2.45, 2.75) is 63.2 Å². The highest BCUT2D eigenvalue weighted by molar-refractivity contribution is 7.81. The summed E-state index contributed by atoms with van der Waals surface area (Å²) in [5, 5.41) is 0.200. The molecule has 0 amide bonds. The van der Waals surface area contributed by atoms with Gasteiger partial charge in [0.15, 0.2) is 5.78 Å². The Kier molecular flexibility index (Phi) is 10.9. The van der Waals surface area contributed by atoms with E-state index in [1.165, 1.54) is 30.9 Å². The van der Waals surface area contributed by atoms with Crippen molar-refractivity contribution in [3.63, 3.8) is 0 Å². The number of unbranched alkanes of at least 4 members (excludes halogenated alkanes) is 3. The Morgan fingerprint density at radius 1 is 1.24 bits per heavy atom. The van der Waals surface area contributed by atoms with Crippen LogP contribution in [-0.4, -0.2) is 67.3 Å². The molecule has 2 unspecified atom stereocenters. The Bertz CT molecular complexity index is 783. The molecule has 1 heterocycles. The molecule has 3 rings (SSSR count). The van der Waals surface area contributed by atoms with Gasteiger partial charge in [0.25, 0.3) is 0 Å². The molecule has 2 atom stereocenters. The maximum atomic E-state index is 14.7. The fourth-order valence-corrected chi connectivity index (χ4v) is 4.88. The fraction of sp³-hybridized carbons (Fsp3) is 0.667. The summed E-state index contributed by atoms with van der Waals surface area (Å²) in [6.07, 6.45) is 9.80. The molecule has 4 nitrogen and oxygen atoms in total. The summed E-state index contributed by atoms with van der Waals surface area (Å²) in [5.74, 6) is -0.00929. The lowest BCUT2D eigenvalue weighted by molar-refractivity contribution is -0.126. The number of likely N-dealkylation sites (N-methyl/N-ethyl adjacent to an activating group) is 1. The second-order valence-corrected chi connectivity index (χ2v) is 10.2. The topological polar surface area (TPSA) is 32.8 Å². The highest BCUT2D eigenvalue weighted by atomic mass is 32.1. The first-order valence-corrected chi connectivity index (χ1v) is 13.2. The van der Waals surface area contributed by atoms with Gasteiger partial charge in [-0.25, -0.2) is 4.39 Å². The maximum absolute atomic E-state index is 14.7. The predicted molar refractivity (Wildman–Crippen MR) is 136 cm³/mol. The number of likely N-dealkylation sites (tertiary alicyclic amines) is 1. The Hall–Kier alpha value is -1.21. The lowest BCUT2D eigenvalue weighted by atomic mass is 9.93. The van der Waals surface area contributed by atoms with E-state index in [1.54, 1.807) is 12.1 Å². The molecular weight excluding hydrogens is 435 g/mol. The van der Waals surface area contributed by atoms with Crippen LogP contribution in [0.25, 0.3) is 0 Å². The molecule has 0 aromatic heterocycles. The van der Waals surface area contributed by atoms with E-state index in [2.05, 4.69) is 22.9 Å². The molecule has 1 saturated carbocycles. The molecule has 0 bridgehead atoms. The van der Waals surface area contributed by atoms with Gasteiger partial charge in [-0.3, -0.25) is 9.69 Å². The van der Waals surface area contributed by atoms with E-state index in [0.29, 0.717) is 12.1 Å². The minimum atomic E-state index is -0.489. The van der Waals surface area contributed by atoms with Gasteiger partial charge in [0.1, 0.15) is 5.82 Å². The van der Waals surface area contributed by atoms with E-state index >= 15 is 0 Å². The van der Waals surface area contributed by atoms with Crippen molar-refractivity contribution in [3.8, 4) is 0 Å². The number of Topliss-reactive ketones (excluding diaryl/α,β-unsaturated/α-hetero) is 1. The number of benzene rings is 1. The SMILES string of the molecule is CCOCCCCCCN(C)C/C=C1\CN(C(C(=O)C2CC2)c2ccccc2F)CCC1S. The zero-order chi connectivity index (χ0) is 23.6. The number of carbonyl (C=O) groups is 1. The smallest absolute Gasteiger partial charge is 0.157 e. The molecular formula is C27H41FN2O2S. The predicted octanol–water partition coefficient (Wildman–Crippen LogP) is 5.31. The number of thiol groups is 1. The van der Waals surface area contributed by atoms with Crippen LogP contribution in [0, 0.1) is 11.7 Å². The molecule has 33 heavy (non-hydrogen) atoms. The fourth-order valence-electron chi connectivity index (χ4n) is 4.58. The van der Waals surface area contributed by atoms with Crippen molar-refractivity contribution in [2.24, 2.45) is 5.92 Å². The number of hydrogen-bond acceptors (Lipinski definition) is 5. The van der Waals surface area contributed by atoms with Crippen molar-refractivity contribution < 1.29 is 13.9 Å². The van der Waals surface area contributed by atoms with Crippen LogP contribution in [0.2, 0.25) is 0 Å². The number of ether oxygens (including phenoxy) is 1. The highest BCUT2D eigenvalue weighted by Crippen LogP contribution is 2.39. The average Bonchev–Trinajstić information content (AvgIpc) is 3.65. The van der Waals surface area contributed by atoms with E-state index in [9.17, 15) is 9.18 Å². The van der Waals surface area contributed by atoms with E-state index < -0.39 is 6.04 Å².